The van der Waals surface area contributed by atoms with Crippen molar-refractivity contribution in [2.24, 2.45) is 0 Å². The first kappa shape index (κ1) is 13.4. The molecule has 0 radical (unpaired) electrons. The SMILES string of the molecule is COc1nc(Cl)c(S(=O)(=O)Cl)cc1C(F)F. The van der Waals surface area contributed by atoms with Crippen molar-refractivity contribution in [1.82, 2.24) is 4.98 Å². The Hall–Kier alpha value is -0.660. The number of ether oxygens (including phenoxy) is 1. The molecule has 0 aliphatic carbocycles. The minimum atomic E-state index is -4.23. The number of hydrogen-bond donors (Lipinski definition) is 0. The van der Waals surface area contributed by atoms with E-state index in [1.54, 1.807) is 0 Å². The van der Waals surface area contributed by atoms with E-state index < -0.39 is 37.0 Å². The van der Waals surface area contributed by atoms with Crippen LogP contribution < -0.4 is 4.74 Å². The molecule has 1 aromatic rings. The van der Waals surface area contributed by atoms with E-state index in [1.165, 1.54) is 0 Å². The van der Waals surface area contributed by atoms with Crippen molar-refractivity contribution in [3.63, 3.8) is 0 Å². The number of nitrogens with zero attached hydrogens (tertiary/aromatic N) is 1. The summed E-state index contributed by atoms with van der Waals surface area (Å²) in [5.74, 6) is -0.441. The van der Waals surface area contributed by atoms with Crippen LogP contribution in [0.25, 0.3) is 0 Å². The number of pyridine rings is 1. The summed E-state index contributed by atoms with van der Waals surface area (Å²) in [6, 6.07) is 0.640. The molecule has 0 saturated heterocycles. The van der Waals surface area contributed by atoms with Crippen LogP contribution in [-0.4, -0.2) is 20.5 Å². The van der Waals surface area contributed by atoms with Gasteiger partial charge in [0.05, 0.1) is 12.7 Å². The zero-order valence-corrected chi connectivity index (χ0v) is 10.1. The van der Waals surface area contributed by atoms with Gasteiger partial charge in [-0.1, -0.05) is 11.6 Å². The van der Waals surface area contributed by atoms with Gasteiger partial charge in [0.2, 0.25) is 5.88 Å². The Labute approximate surface area is 99.6 Å². The summed E-state index contributed by atoms with van der Waals surface area (Å²) in [6.45, 7) is 0. The fraction of sp³-hybridized carbons (Fsp3) is 0.286. The molecular weight excluding hydrogens is 287 g/mol. The molecule has 0 bridgehead atoms. The maximum absolute atomic E-state index is 12.5. The van der Waals surface area contributed by atoms with Crippen LogP contribution in [0, 0.1) is 0 Å². The fourth-order valence-corrected chi connectivity index (χ4v) is 2.38. The summed E-state index contributed by atoms with van der Waals surface area (Å²) >= 11 is 5.47. The van der Waals surface area contributed by atoms with Crippen molar-refractivity contribution in [3.05, 3.63) is 16.8 Å². The summed E-state index contributed by atoms with van der Waals surface area (Å²) in [5, 5.41) is -0.517. The minimum Gasteiger partial charge on any atom is -0.481 e. The van der Waals surface area contributed by atoms with E-state index in [0.29, 0.717) is 6.07 Å². The van der Waals surface area contributed by atoms with Crippen molar-refractivity contribution >= 4 is 31.3 Å². The number of hydrogen-bond acceptors (Lipinski definition) is 4. The van der Waals surface area contributed by atoms with Crippen molar-refractivity contribution in [3.8, 4) is 5.88 Å². The Kier molecular flexibility index (Phi) is 3.92. The molecule has 1 heterocycles. The minimum absolute atomic E-state index is 0.441. The number of halogens is 4. The second-order valence-corrected chi connectivity index (χ2v) is 5.51. The molecule has 9 heteroatoms. The monoisotopic (exact) mass is 291 g/mol. The molecule has 0 saturated carbocycles. The summed E-state index contributed by atoms with van der Waals surface area (Å²) in [4.78, 5) is 2.70. The molecule has 1 aromatic heterocycles. The van der Waals surface area contributed by atoms with Gasteiger partial charge in [0.1, 0.15) is 4.90 Å². The molecule has 0 aliphatic heterocycles. The first-order valence-electron chi connectivity index (χ1n) is 3.74. The van der Waals surface area contributed by atoms with Crippen LogP contribution in [0.2, 0.25) is 5.15 Å². The van der Waals surface area contributed by atoms with E-state index in [9.17, 15) is 17.2 Å². The molecular formula is C7H5Cl2F2NO3S. The Morgan fingerprint density at radius 1 is 1.50 bits per heavy atom. The van der Waals surface area contributed by atoms with Gasteiger partial charge in [-0.05, 0) is 6.07 Å². The maximum Gasteiger partial charge on any atom is 0.269 e. The predicted octanol–water partition coefficient (Wildman–Crippen LogP) is 2.61. The maximum atomic E-state index is 12.5. The lowest BCUT2D eigenvalue weighted by Crippen LogP contribution is -2.01. The number of rotatable bonds is 3. The molecule has 0 aliphatic rings. The number of methoxy groups -OCH3 is 1. The van der Waals surface area contributed by atoms with Gasteiger partial charge in [-0.25, -0.2) is 17.2 Å². The first-order valence-corrected chi connectivity index (χ1v) is 6.43. The summed E-state index contributed by atoms with van der Waals surface area (Å²) in [7, 11) is 1.88. The highest BCUT2D eigenvalue weighted by Crippen LogP contribution is 2.33. The molecule has 90 valence electrons. The third-order valence-electron chi connectivity index (χ3n) is 1.63. The van der Waals surface area contributed by atoms with Gasteiger partial charge in [0.15, 0.2) is 5.15 Å². The quantitative estimate of drug-likeness (QED) is 0.634. The van der Waals surface area contributed by atoms with Crippen LogP contribution in [0.4, 0.5) is 8.78 Å². The van der Waals surface area contributed by atoms with Crippen molar-refractivity contribution in [2.45, 2.75) is 11.3 Å². The Morgan fingerprint density at radius 3 is 2.44 bits per heavy atom. The molecule has 1 rings (SSSR count). The lowest BCUT2D eigenvalue weighted by atomic mass is 10.3. The van der Waals surface area contributed by atoms with Crippen LogP contribution in [0.1, 0.15) is 12.0 Å². The van der Waals surface area contributed by atoms with Crippen LogP contribution in [-0.2, 0) is 9.05 Å². The normalized spacial score (nSPS) is 11.9. The van der Waals surface area contributed by atoms with Gasteiger partial charge in [0, 0.05) is 10.7 Å². The summed E-state index contributed by atoms with van der Waals surface area (Å²) in [6.07, 6.45) is -2.95. The Bertz CT molecular complexity index is 507. The van der Waals surface area contributed by atoms with E-state index in [1.807, 2.05) is 0 Å². The molecule has 0 spiro atoms. The third kappa shape index (κ3) is 2.72. The van der Waals surface area contributed by atoms with Crippen LogP contribution in [0.5, 0.6) is 5.88 Å². The highest BCUT2D eigenvalue weighted by Gasteiger charge is 2.24. The molecule has 0 atom stereocenters. The average molecular weight is 292 g/mol. The number of aromatic nitrogens is 1. The van der Waals surface area contributed by atoms with Crippen molar-refractivity contribution < 1.29 is 21.9 Å². The average Bonchev–Trinajstić information content (AvgIpc) is 2.14. The lowest BCUT2D eigenvalue weighted by molar-refractivity contribution is 0.145. The van der Waals surface area contributed by atoms with Crippen LogP contribution in [0.3, 0.4) is 0 Å². The predicted molar refractivity (Wildman–Crippen MR) is 53.8 cm³/mol. The molecule has 0 fully saturated rings. The van der Waals surface area contributed by atoms with Crippen LogP contribution in [0.15, 0.2) is 11.0 Å². The highest BCUT2D eigenvalue weighted by atomic mass is 35.7. The molecule has 0 amide bonds. The van der Waals surface area contributed by atoms with E-state index in [2.05, 4.69) is 9.72 Å². The Morgan fingerprint density at radius 2 is 2.06 bits per heavy atom. The molecule has 16 heavy (non-hydrogen) atoms. The largest absolute Gasteiger partial charge is 0.481 e. The van der Waals surface area contributed by atoms with Gasteiger partial charge in [-0.3, -0.25) is 0 Å². The lowest BCUT2D eigenvalue weighted by Gasteiger charge is -2.08. The van der Waals surface area contributed by atoms with E-state index in [0.717, 1.165) is 7.11 Å². The van der Waals surface area contributed by atoms with Gasteiger partial charge in [-0.2, -0.15) is 4.98 Å². The number of alkyl halides is 2. The molecule has 0 unspecified atom stereocenters. The van der Waals surface area contributed by atoms with E-state index >= 15 is 0 Å². The second-order valence-electron chi connectivity index (χ2n) is 2.61. The van der Waals surface area contributed by atoms with Crippen molar-refractivity contribution in [2.75, 3.05) is 7.11 Å². The zero-order valence-electron chi connectivity index (χ0n) is 7.75. The smallest absolute Gasteiger partial charge is 0.269 e. The second kappa shape index (κ2) is 4.68. The zero-order chi connectivity index (χ0) is 12.5. The molecule has 0 N–H and O–H groups in total. The van der Waals surface area contributed by atoms with E-state index in [-0.39, 0.29) is 0 Å². The van der Waals surface area contributed by atoms with Gasteiger partial charge in [-0.15, -0.1) is 0 Å². The fourth-order valence-electron chi connectivity index (χ4n) is 0.962. The van der Waals surface area contributed by atoms with Gasteiger partial charge in [0.25, 0.3) is 15.5 Å². The van der Waals surface area contributed by atoms with Crippen LogP contribution >= 0.6 is 22.3 Å². The van der Waals surface area contributed by atoms with Gasteiger partial charge >= 0.3 is 0 Å². The van der Waals surface area contributed by atoms with Gasteiger partial charge < -0.3 is 4.74 Å². The molecule has 4 nitrogen and oxygen atoms in total. The highest BCUT2D eigenvalue weighted by molar-refractivity contribution is 8.13. The third-order valence-corrected chi connectivity index (χ3v) is 3.36. The first-order chi connectivity index (χ1) is 7.27. The molecule has 0 aromatic carbocycles. The summed E-state index contributed by atoms with van der Waals surface area (Å²) < 4.78 is 51.5. The summed E-state index contributed by atoms with van der Waals surface area (Å²) in [5.41, 5.74) is -0.689. The standard InChI is InChI=1S/C7H5Cl2F2NO3S/c1-15-7-3(6(10)11)2-4(5(8)12-7)16(9,13)14/h2,6H,1H3. The van der Waals surface area contributed by atoms with Crippen molar-refractivity contribution in [1.29, 1.82) is 0 Å². The topological polar surface area (TPSA) is 56.3 Å². The Balaban J connectivity index is 3.52. The van der Waals surface area contributed by atoms with E-state index in [4.69, 9.17) is 22.3 Å².